The molecule has 0 fully saturated rings. The van der Waals surface area contributed by atoms with Crippen LogP contribution in [0.15, 0.2) is 36.5 Å². The van der Waals surface area contributed by atoms with E-state index < -0.39 is 0 Å². The van der Waals surface area contributed by atoms with Crippen LogP contribution in [0.25, 0.3) is 0 Å². The second-order valence-corrected chi connectivity index (χ2v) is 5.37. The Morgan fingerprint density at radius 3 is 2.84 bits per heavy atom. The molecule has 4 nitrogen and oxygen atoms in total. The molecule has 0 aliphatic carbocycles. The Labute approximate surface area is 116 Å². The van der Waals surface area contributed by atoms with Gasteiger partial charge in [-0.3, -0.25) is 4.79 Å². The maximum absolute atomic E-state index is 11.6. The molecule has 0 saturated carbocycles. The Balaban J connectivity index is 1.65. The van der Waals surface area contributed by atoms with Gasteiger partial charge in [-0.05, 0) is 19.1 Å². The van der Waals surface area contributed by atoms with Gasteiger partial charge in [0.05, 0.1) is 5.01 Å². The average molecular weight is 276 g/mol. The SMILES string of the molecule is Cc1ncc(CCNC(=O)COc2ccccc2)s1. The largest absolute Gasteiger partial charge is 0.484 e. The number of para-hydroxylation sites is 1. The van der Waals surface area contributed by atoms with Gasteiger partial charge in [-0.1, -0.05) is 18.2 Å². The smallest absolute Gasteiger partial charge is 0.257 e. The van der Waals surface area contributed by atoms with Crippen molar-refractivity contribution in [2.75, 3.05) is 13.2 Å². The molecule has 1 N–H and O–H groups in total. The number of ether oxygens (including phenoxy) is 1. The van der Waals surface area contributed by atoms with Crippen LogP contribution in [0.4, 0.5) is 0 Å². The topological polar surface area (TPSA) is 51.2 Å². The van der Waals surface area contributed by atoms with Crippen LogP contribution in [0.3, 0.4) is 0 Å². The van der Waals surface area contributed by atoms with Crippen molar-refractivity contribution in [3.8, 4) is 5.75 Å². The number of nitrogens with zero attached hydrogens (tertiary/aromatic N) is 1. The van der Waals surface area contributed by atoms with Gasteiger partial charge in [0.15, 0.2) is 6.61 Å². The number of carbonyl (C=O) groups is 1. The molecule has 0 aliphatic rings. The lowest BCUT2D eigenvalue weighted by molar-refractivity contribution is -0.123. The number of benzene rings is 1. The van der Waals surface area contributed by atoms with Crippen molar-refractivity contribution in [2.45, 2.75) is 13.3 Å². The first kappa shape index (κ1) is 13.5. The number of amides is 1. The van der Waals surface area contributed by atoms with Gasteiger partial charge >= 0.3 is 0 Å². The number of hydrogen-bond acceptors (Lipinski definition) is 4. The molecule has 19 heavy (non-hydrogen) atoms. The Bertz CT molecular complexity index is 525. The molecule has 0 saturated heterocycles. The molecule has 5 heteroatoms. The van der Waals surface area contributed by atoms with Crippen LogP contribution in [0.5, 0.6) is 5.75 Å². The minimum Gasteiger partial charge on any atom is -0.484 e. The lowest BCUT2D eigenvalue weighted by atomic mass is 10.3. The van der Waals surface area contributed by atoms with Gasteiger partial charge in [0, 0.05) is 24.0 Å². The van der Waals surface area contributed by atoms with Gasteiger partial charge in [0.25, 0.3) is 5.91 Å². The van der Waals surface area contributed by atoms with E-state index in [4.69, 9.17) is 4.74 Å². The van der Waals surface area contributed by atoms with E-state index in [9.17, 15) is 4.79 Å². The normalized spacial score (nSPS) is 10.2. The monoisotopic (exact) mass is 276 g/mol. The Morgan fingerprint density at radius 2 is 2.16 bits per heavy atom. The van der Waals surface area contributed by atoms with Crippen molar-refractivity contribution in [3.63, 3.8) is 0 Å². The third-order valence-electron chi connectivity index (χ3n) is 2.48. The highest BCUT2D eigenvalue weighted by molar-refractivity contribution is 7.11. The minimum absolute atomic E-state index is 0.0474. The number of rotatable bonds is 6. The highest BCUT2D eigenvalue weighted by Crippen LogP contribution is 2.11. The molecule has 0 unspecified atom stereocenters. The van der Waals surface area contributed by atoms with E-state index in [1.165, 1.54) is 4.88 Å². The number of carbonyl (C=O) groups excluding carboxylic acids is 1. The van der Waals surface area contributed by atoms with Crippen LogP contribution < -0.4 is 10.1 Å². The van der Waals surface area contributed by atoms with Gasteiger partial charge < -0.3 is 10.1 Å². The van der Waals surface area contributed by atoms with Crippen LogP contribution in [0.2, 0.25) is 0 Å². The number of nitrogens with one attached hydrogen (secondary N) is 1. The van der Waals surface area contributed by atoms with Crippen LogP contribution in [0.1, 0.15) is 9.88 Å². The van der Waals surface area contributed by atoms with Gasteiger partial charge in [0.1, 0.15) is 5.75 Å². The van der Waals surface area contributed by atoms with Gasteiger partial charge in [-0.2, -0.15) is 0 Å². The van der Waals surface area contributed by atoms with Crippen LogP contribution in [0, 0.1) is 6.92 Å². The maximum atomic E-state index is 11.6. The van der Waals surface area contributed by atoms with E-state index in [2.05, 4.69) is 10.3 Å². The van der Waals surface area contributed by atoms with E-state index in [-0.39, 0.29) is 12.5 Å². The minimum atomic E-state index is -0.106. The fourth-order valence-electron chi connectivity index (χ4n) is 1.56. The predicted octanol–water partition coefficient (Wildman–Crippen LogP) is 2.19. The van der Waals surface area contributed by atoms with Crippen molar-refractivity contribution >= 4 is 17.2 Å². The zero-order chi connectivity index (χ0) is 13.5. The van der Waals surface area contributed by atoms with Crippen molar-refractivity contribution in [3.05, 3.63) is 46.4 Å². The summed E-state index contributed by atoms with van der Waals surface area (Å²) in [5.41, 5.74) is 0. The highest BCUT2D eigenvalue weighted by Gasteiger charge is 2.03. The summed E-state index contributed by atoms with van der Waals surface area (Å²) in [5.74, 6) is 0.598. The summed E-state index contributed by atoms with van der Waals surface area (Å²) < 4.78 is 5.35. The molecular weight excluding hydrogens is 260 g/mol. The molecule has 0 aliphatic heterocycles. The quantitative estimate of drug-likeness (QED) is 0.880. The summed E-state index contributed by atoms with van der Waals surface area (Å²) in [6.45, 7) is 2.63. The maximum Gasteiger partial charge on any atom is 0.257 e. The van der Waals surface area contributed by atoms with Gasteiger partial charge in [-0.25, -0.2) is 4.98 Å². The zero-order valence-electron chi connectivity index (χ0n) is 10.8. The Morgan fingerprint density at radius 1 is 1.37 bits per heavy atom. The lowest BCUT2D eigenvalue weighted by Gasteiger charge is -2.06. The lowest BCUT2D eigenvalue weighted by Crippen LogP contribution is -2.30. The fraction of sp³-hybridized carbons (Fsp3) is 0.286. The standard InChI is InChI=1S/C14H16N2O2S/c1-11-16-9-13(19-11)7-8-15-14(17)10-18-12-5-3-2-4-6-12/h2-6,9H,7-8,10H2,1H3,(H,15,17). The average Bonchev–Trinajstić information content (AvgIpc) is 2.83. The number of hydrogen-bond donors (Lipinski definition) is 1. The van der Waals surface area contributed by atoms with Crippen molar-refractivity contribution in [1.82, 2.24) is 10.3 Å². The molecule has 0 spiro atoms. The van der Waals surface area contributed by atoms with Crippen LogP contribution >= 0.6 is 11.3 Å². The van der Waals surface area contributed by atoms with Crippen molar-refractivity contribution in [1.29, 1.82) is 0 Å². The molecule has 2 rings (SSSR count). The van der Waals surface area contributed by atoms with Gasteiger partial charge in [0.2, 0.25) is 0 Å². The predicted molar refractivity (Wildman–Crippen MR) is 75.5 cm³/mol. The van der Waals surface area contributed by atoms with Crippen LogP contribution in [-0.4, -0.2) is 24.0 Å². The molecule has 1 amide bonds. The number of aryl methyl sites for hydroxylation is 1. The van der Waals surface area contributed by atoms with Crippen molar-refractivity contribution in [2.24, 2.45) is 0 Å². The summed E-state index contributed by atoms with van der Waals surface area (Å²) in [5, 5.41) is 3.88. The van der Waals surface area contributed by atoms with Crippen LogP contribution in [-0.2, 0) is 11.2 Å². The summed E-state index contributed by atoms with van der Waals surface area (Å²) >= 11 is 1.66. The van der Waals surface area contributed by atoms with E-state index >= 15 is 0 Å². The summed E-state index contributed by atoms with van der Waals surface area (Å²) in [6, 6.07) is 9.31. The summed E-state index contributed by atoms with van der Waals surface area (Å²) in [7, 11) is 0. The van der Waals surface area contributed by atoms with Gasteiger partial charge in [-0.15, -0.1) is 11.3 Å². The summed E-state index contributed by atoms with van der Waals surface area (Å²) in [6.07, 6.45) is 2.66. The third-order valence-corrected chi connectivity index (χ3v) is 3.45. The van der Waals surface area contributed by atoms with E-state index in [0.717, 1.165) is 11.4 Å². The second kappa shape index (κ2) is 6.89. The fourth-order valence-corrected chi connectivity index (χ4v) is 2.36. The summed E-state index contributed by atoms with van der Waals surface area (Å²) in [4.78, 5) is 16.9. The molecule has 1 aromatic heterocycles. The van der Waals surface area contributed by atoms with E-state index in [0.29, 0.717) is 12.3 Å². The molecule has 2 aromatic rings. The Hall–Kier alpha value is -1.88. The first-order chi connectivity index (χ1) is 9.24. The molecule has 100 valence electrons. The number of aromatic nitrogens is 1. The molecule has 1 aromatic carbocycles. The molecule has 0 bridgehead atoms. The third kappa shape index (κ3) is 4.71. The van der Waals surface area contributed by atoms with E-state index in [1.807, 2.05) is 43.5 Å². The molecular formula is C14H16N2O2S. The second-order valence-electron chi connectivity index (χ2n) is 4.05. The molecule has 1 heterocycles. The van der Waals surface area contributed by atoms with Crippen molar-refractivity contribution < 1.29 is 9.53 Å². The molecule has 0 radical (unpaired) electrons. The Kier molecular flexibility index (Phi) is 4.92. The molecule has 0 atom stereocenters. The zero-order valence-corrected chi connectivity index (χ0v) is 11.6. The van der Waals surface area contributed by atoms with E-state index in [1.54, 1.807) is 11.3 Å². The first-order valence-electron chi connectivity index (χ1n) is 6.10. The first-order valence-corrected chi connectivity index (χ1v) is 6.91. The number of thiazole rings is 1. The highest BCUT2D eigenvalue weighted by atomic mass is 32.1.